The summed E-state index contributed by atoms with van der Waals surface area (Å²) < 4.78 is 62.6. The second-order valence-electron chi connectivity index (χ2n) is 5.05. The zero-order valence-corrected chi connectivity index (χ0v) is 16.0. The van der Waals surface area contributed by atoms with Gasteiger partial charge in [0, 0.05) is 0 Å². The van der Waals surface area contributed by atoms with Crippen LogP contribution in [-0.2, 0) is 29.5 Å². The highest BCUT2D eigenvalue weighted by Gasteiger charge is 2.23. The Hall–Kier alpha value is -2.31. The molecule has 150 valence electrons. The molecular formula is C16H20O9S2. The van der Waals surface area contributed by atoms with Gasteiger partial charge >= 0.3 is 16.4 Å². The number of allylic oxidation sites excluding steroid dienone is 1. The van der Waals surface area contributed by atoms with Crippen molar-refractivity contribution in [3.63, 3.8) is 0 Å². The molecule has 0 bridgehead atoms. The summed E-state index contributed by atoms with van der Waals surface area (Å²) in [5.41, 5.74) is 0.825. The molecule has 0 saturated carbocycles. The van der Waals surface area contributed by atoms with E-state index in [0.717, 1.165) is 11.0 Å². The molecule has 0 aromatic heterocycles. The standard InChI is InChI=1S/C9H10O3S.C7H10O6S/c1-8(7-13(10,11)12)9-5-3-2-4-6-9;1-3-4-6(5(2)7(8)9)13-14(10,11)12/h2-7H,1H3,(H,10,11,12);3,6H,1-2,4H2,(H,8,9)(H,10,11,12). The first-order chi connectivity index (χ1) is 12.3. The number of hydrogen-bond donors (Lipinski definition) is 3. The molecule has 1 atom stereocenters. The Morgan fingerprint density at radius 3 is 2.07 bits per heavy atom. The molecule has 0 fully saturated rings. The van der Waals surface area contributed by atoms with Crippen molar-refractivity contribution in [2.24, 2.45) is 0 Å². The smallest absolute Gasteiger partial charge is 0.397 e. The molecular weight excluding hydrogens is 400 g/mol. The fourth-order valence-electron chi connectivity index (χ4n) is 1.67. The molecule has 0 radical (unpaired) electrons. The highest BCUT2D eigenvalue weighted by Crippen LogP contribution is 2.14. The third-order valence-electron chi connectivity index (χ3n) is 2.84. The van der Waals surface area contributed by atoms with E-state index in [4.69, 9.17) is 14.2 Å². The van der Waals surface area contributed by atoms with Crippen LogP contribution in [0.25, 0.3) is 5.57 Å². The molecule has 0 amide bonds. The highest BCUT2D eigenvalue weighted by molar-refractivity contribution is 7.89. The van der Waals surface area contributed by atoms with E-state index in [1.807, 2.05) is 6.07 Å². The third-order valence-corrected chi connectivity index (χ3v) is 3.96. The van der Waals surface area contributed by atoms with Crippen LogP contribution < -0.4 is 0 Å². The lowest BCUT2D eigenvalue weighted by atomic mass is 10.1. The van der Waals surface area contributed by atoms with Crippen LogP contribution >= 0.6 is 0 Å². The predicted molar refractivity (Wildman–Crippen MR) is 99.7 cm³/mol. The van der Waals surface area contributed by atoms with Gasteiger partial charge in [-0.1, -0.05) is 43.0 Å². The molecule has 9 nitrogen and oxygen atoms in total. The summed E-state index contributed by atoms with van der Waals surface area (Å²) in [6.07, 6.45) is -0.158. The van der Waals surface area contributed by atoms with Crippen LogP contribution in [-0.4, -0.2) is 43.1 Å². The number of carbonyl (C=O) groups is 1. The van der Waals surface area contributed by atoms with Gasteiger partial charge in [0.05, 0.1) is 11.0 Å². The first-order valence-electron chi connectivity index (χ1n) is 7.16. The monoisotopic (exact) mass is 420 g/mol. The Kier molecular flexibility index (Phi) is 9.83. The fourth-order valence-corrected chi connectivity index (χ4v) is 2.74. The number of carboxylic acid groups (broad SMARTS) is 1. The topological polar surface area (TPSA) is 155 Å². The van der Waals surface area contributed by atoms with Crippen molar-refractivity contribution < 1.29 is 40.0 Å². The molecule has 0 heterocycles. The van der Waals surface area contributed by atoms with E-state index in [-0.39, 0.29) is 6.42 Å². The van der Waals surface area contributed by atoms with E-state index in [9.17, 15) is 21.6 Å². The SMILES string of the molecule is C=CCC(OS(=O)(=O)O)C(=C)C(=O)O.CC(=CS(=O)(=O)O)c1ccccc1. The number of carboxylic acids is 1. The zero-order valence-electron chi connectivity index (χ0n) is 14.3. The molecule has 3 N–H and O–H groups in total. The molecule has 0 aliphatic heterocycles. The quantitative estimate of drug-likeness (QED) is 0.326. The van der Waals surface area contributed by atoms with Crippen LogP contribution in [0.15, 0.2) is 60.5 Å². The van der Waals surface area contributed by atoms with Crippen LogP contribution in [0.2, 0.25) is 0 Å². The van der Waals surface area contributed by atoms with E-state index in [2.05, 4.69) is 17.3 Å². The second-order valence-corrected chi connectivity index (χ2v) is 7.36. The van der Waals surface area contributed by atoms with E-state index in [1.165, 1.54) is 6.08 Å². The molecule has 27 heavy (non-hydrogen) atoms. The maximum Gasteiger partial charge on any atom is 0.397 e. The molecule has 0 spiro atoms. The van der Waals surface area contributed by atoms with Gasteiger partial charge in [-0.15, -0.1) is 6.58 Å². The van der Waals surface area contributed by atoms with Gasteiger partial charge in [-0.2, -0.15) is 16.8 Å². The third kappa shape index (κ3) is 11.8. The molecule has 1 aromatic rings. The van der Waals surface area contributed by atoms with Crippen LogP contribution in [0.1, 0.15) is 18.9 Å². The average Bonchev–Trinajstić information content (AvgIpc) is 2.52. The first-order valence-corrected chi connectivity index (χ1v) is 10.0. The molecule has 11 heteroatoms. The van der Waals surface area contributed by atoms with Gasteiger partial charge in [0.2, 0.25) is 0 Å². The summed E-state index contributed by atoms with van der Waals surface area (Å²) >= 11 is 0. The van der Waals surface area contributed by atoms with Crippen molar-refractivity contribution in [2.45, 2.75) is 19.4 Å². The largest absolute Gasteiger partial charge is 0.478 e. The Morgan fingerprint density at radius 2 is 1.70 bits per heavy atom. The minimum atomic E-state index is -4.70. The van der Waals surface area contributed by atoms with Crippen molar-refractivity contribution in [3.8, 4) is 0 Å². The van der Waals surface area contributed by atoms with Gasteiger partial charge in [-0.25, -0.2) is 8.98 Å². The number of benzene rings is 1. The van der Waals surface area contributed by atoms with Crippen LogP contribution in [0.4, 0.5) is 0 Å². The Morgan fingerprint density at radius 1 is 1.19 bits per heavy atom. The summed E-state index contributed by atoms with van der Waals surface area (Å²) in [5, 5.41) is 9.32. The number of aliphatic carboxylic acids is 1. The summed E-state index contributed by atoms with van der Waals surface area (Å²) in [5.74, 6) is -1.40. The van der Waals surface area contributed by atoms with Gasteiger partial charge in [-0.3, -0.25) is 9.11 Å². The summed E-state index contributed by atoms with van der Waals surface area (Å²) in [6, 6.07) is 8.99. The average molecular weight is 420 g/mol. The first kappa shape index (κ1) is 24.7. The van der Waals surface area contributed by atoms with Gasteiger partial charge in [0.1, 0.15) is 6.10 Å². The van der Waals surface area contributed by atoms with Crippen molar-refractivity contribution in [3.05, 3.63) is 66.1 Å². The van der Waals surface area contributed by atoms with E-state index in [1.54, 1.807) is 31.2 Å². The Labute approximate surface area is 158 Å². The second kappa shape index (κ2) is 10.7. The molecule has 0 aliphatic carbocycles. The zero-order chi connectivity index (χ0) is 21.3. The van der Waals surface area contributed by atoms with Crippen molar-refractivity contribution in [2.75, 3.05) is 0 Å². The van der Waals surface area contributed by atoms with Gasteiger partial charge in [0.15, 0.2) is 0 Å². The Bertz CT molecular complexity index is 898. The summed E-state index contributed by atoms with van der Waals surface area (Å²) in [4.78, 5) is 10.4. The predicted octanol–water partition coefficient (Wildman–Crippen LogP) is 2.33. The van der Waals surface area contributed by atoms with Gasteiger partial charge in [-0.05, 0) is 24.5 Å². The lowest BCUT2D eigenvalue weighted by Crippen LogP contribution is -2.23. The van der Waals surface area contributed by atoms with E-state index >= 15 is 0 Å². The van der Waals surface area contributed by atoms with Crippen molar-refractivity contribution >= 4 is 32.1 Å². The minimum Gasteiger partial charge on any atom is -0.478 e. The normalized spacial score (nSPS) is 13.1. The van der Waals surface area contributed by atoms with Gasteiger partial charge < -0.3 is 5.11 Å². The fraction of sp³-hybridized carbons (Fsp3) is 0.188. The van der Waals surface area contributed by atoms with Crippen molar-refractivity contribution in [1.82, 2.24) is 0 Å². The molecule has 0 aliphatic rings. The molecule has 1 aromatic carbocycles. The maximum atomic E-state index is 10.5. The molecule has 0 saturated heterocycles. The van der Waals surface area contributed by atoms with E-state index in [0.29, 0.717) is 5.57 Å². The maximum absolute atomic E-state index is 10.5. The Balaban J connectivity index is 0.000000501. The van der Waals surface area contributed by atoms with Crippen molar-refractivity contribution in [1.29, 1.82) is 0 Å². The summed E-state index contributed by atoms with van der Waals surface area (Å²) in [6.45, 7) is 8.02. The lowest BCUT2D eigenvalue weighted by molar-refractivity contribution is -0.133. The van der Waals surface area contributed by atoms with Crippen LogP contribution in [0, 0.1) is 0 Å². The van der Waals surface area contributed by atoms with Gasteiger partial charge in [0.25, 0.3) is 10.1 Å². The minimum absolute atomic E-state index is 0.0784. The highest BCUT2D eigenvalue weighted by atomic mass is 32.3. The lowest BCUT2D eigenvalue weighted by Gasteiger charge is -2.12. The number of hydrogen-bond acceptors (Lipinski definition) is 6. The van der Waals surface area contributed by atoms with Crippen LogP contribution in [0.3, 0.4) is 0 Å². The molecule has 1 unspecified atom stereocenters. The molecule has 1 rings (SSSR count). The number of rotatable bonds is 8. The van der Waals surface area contributed by atoms with E-state index < -0.39 is 38.2 Å². The summed E-state index contributed by atoms with van der Waals surface area (Å²) in [7, 11) is -8.73. The van der Waals surface area contributed by atoms with Crippen LogP contribution in [0.5, 0.6) is 0 Å².